The minimum absolute atomic E-state index is 0.107. The molecule has 1 N–H and O–H groups in total. The van der Waals surface area contributed by atoms with Gasteiger partial charge in [0.05, 0.1) is 6.61 Å². The summed E-state index contributed by atoms with van der Waals surface area (Å²) in [5.74, 6) is 0.696. The predicted octanol–water partition coefficient (Wildman–Crippen LogP) is 4.65. The maximum Gasteiger partial charge on any atom is 0.255 e. The molecule has 29 heavy (non-hydrogen) atoms. The normalized spacial score (nSPS) is 14.8. The quantitative estimate of drug-likeness (QED) is 0.661. The molecule has 0 radical (unpaired) electrons. The van der Waals surface area contributed by atoms with E-state index in [0.717, 1.165) is 37.4 Å². The molecule has 1 saturated heterocycles. The molecular weight excluding hydrogens is 362 g/mol. The Morgan fingerprint density at radius 3 is 2.31 bits per heavy atom. The Morgan fingerprint density at radius 1 is 1.07 bits per heavy atom. The summed E-state index contributed by atoms with van der Waals surface area (Å²) in [5, 5.41) is 2.98. The summed E-state index contributed by atoms with van der Waals surface area (Å²) in [7, 11) is 4.32. The van der Waals surface area contributed by atoms with Crippen LogP contribution in [0.3, 0.4) is 0 Å². The van der Waals surface area contributed by atoms with Gasteiger partial charge in [-0.1, -0.05) is 13.3 Å². The van der Waals surface area contributed by atoms with Crippen molar-refractivity contribution in [3.63, 3.8) is 0 Å². The number of piperidine rings is 1. The monoisotopic (exact) mass is 395 g/mol. The number of ether oxygens (including phenoxy) is 1. The van der Waals surface area contributed by atoms with Crippen molar-refractivity contribution < 1.29 is 9.53 Å². The fourth-order valence-corrected chi connectivity index (χ4v) is 3.64. The molecule has 3 rings (SSSR count). The molecule has 0 unspecified atom stereocenters. The maximum atomic E-state index is 12.5. The third-order valence-electron chi connectivity index (χ3n) is 5.57. The van der Waals surface area contributed by atoms with Crippen LogP contribution < -0.4 is 15.0 Å². The Hall–Kier alpha value is -2.53. The van der Waals surface area contributed by atoms with Crippen LogP contribution in [0.2, 0.25) is 0 Å². The van der Waals surface area contributed by atoms with Gasteiger partial charge in [0.25, 0.3) is 5.91 Å². The molecule has 2 aromatic carbocycles. The molecule has 0 saturated carbocycles. The van der Waals surface area contributed by atoms with Gasteiger partial charge in [0.15, 0.2) is 0 Å². The number of nitrogens with one attached hydrogen (secondary N) is 1. The molecule has 156 valence electrons. The fraction of sp³-hybridized carbons (Fsp3) is 0.458. The molecule has 1 aliphatic rings. The predicted molar refractivity (Wildman–Crippen MR) is 120 cm³/mol. The first-order chi connectivity index (χ1) is 14.1. The summed E-state index contributed by atoms with van der Waals surface area (Å²) < 4.78 is 5.65. The lowest BCUT2D eigenvalue weighted by molar-refractivity contribution is 0.102. The van der Waals surface area contributed by atoms with E-state index >= 15 is 0 Å². The Kier molecular flexibility index (Phi) is 7.53. The molecule has 1 fully saturated rings. The number of carbonyl (C=O) groups excluding carboxylic acids is 1. The minimum atomic E-state index is -0.107. The second kappa shape index (κ2) is 10.3. The Bertz CT molecular complexity index is 764. The Morgan fingerprint density at radius 2 is 1.72 bits per heavy atom. The molecule has 0 atom stereocenters. The van der Waals surface area contributed by atoms with Crippen molar-refractivity contribution in [2.45, 2.75) is 38.6 Å². The summed E-state index contributed by atoms with van der Waals surface area (Å²) in [6, 6.07) is 16.1. The van der Waals surface area contributed by atoms with Gasteiger partial charge in [0.1, 0.15) is 5.75 Å². The van der Waals surface area contributed by atoms with E-state index in [1.807, 2.05) is 24.3 Å². The lowest BCUT2D eigenvalue weighted by Gasteiger charge is -2.36. The van der Waals surface area contributed by atoms with E-state index in [4.69, 9.17) is 4.74 Å². The van der Waals surface area contributed by atoms with E-state index in [-0.39, 0.29) is 5.91 Å². The number of nitrogens with zero attached hydrogens (tertiary/aromatic N) is 2. The van der Waals surface area contributed by atoms with Crippen molar-refractivity contribution >= 4 is 17.3 Å². The highest BCUT2D eigenvalue weighted by Crippen LogP contribution is 2.23. The van der Waals surface area contributed by atoms with Crippen molar-refractivity contribution in [2.24, 2.45) is 0 Å². The number of amides is 1. The summed E-state index contributed by atoms with van der Waals surface area (Å²) in [4.78, 5) is 17.2. The SMILES string of the molecule is CCCCOc1ccc(C(=O)Nc2ccc(N3CCC(N(C)C)CC3)cc2)cc1. The van der Waals surface area contributed by atoms with Gasteiger partial charge in [0, 0.05) is 36.1 Å². The van der Waals surface area contributed by atoms with Crippen LogP contribution in [0.5, 0.6) is 5.75 Å². The topological polar surface area (TPSA) is 44.8 Å². The highest BCUT2D eigenvalue weighted by Gasteiger charge is 2.20. The van der Waals surface area contributed by atoms with Crippen LogP contribution in [0, 0.1) is 0 Å². The van der Waals surface area contributed by atoms with Gasteiger partial charge in [-0.3, -0.25) is 4.79 Å². The summed E-state index contributed by atoms with van der Waals surface area (Å²) in [6.45, 7) is 4.99. The van der Waals surface area contributed by atoms with E-state index in [1.165, 1.54) is 18.5 Å². The van der Waals surface area contributed by atoms with E-state index < -0.39 is 0 Å². The smallest absolute Gasteiger partial charge is 0.255 e. The zero-order chi connectivity index (χ0) is 20.6. The molecule has 0 aromatic heterocycles. The van der Waals surface area contributed by atoms with Crippen molar-refractivity contribution in [1.82, 2.24) is 4.90 Å². The number of carbonyl (C=O) groups is 1. The van der Waals surface area contributed by atoms with Gasteiger partial charge in [0.2, 0.25) is 0 Å². The standard InChI is InChI=1S/C24H33N3O2/c1-4-5-18-29-23-12-6-19(7-13-23)24(28)25-20-8-10-22(11-9-20)27-16-14-21(15-17-27)26(2)3/h6-13,21H,4-5,14-18H2,1-3H3,(H,25,28). The zero-order valence-electron chi connectivity index (χ0n) is 17.9. The van der Waals surface area contributed by atoms with Crippen LogP contribution in [0.4, 0.5) is 11.4 Å². The van der Waals surface area contributed by atoms with Crippen molar-refractivity contribution in [3.05, 3.63) is 54.1 Å². The zero-order valence-corrected chi connectivity index (χ0v) is 17.9. The highest BCUT2D eigenvalue weighted by molar-refractivity contribution is 6.04. The number of hydrogen-bond acceptors (Lipinski definition) is 4. The van der Waals surface area contributed by atoms with Gasteiger partial charge in [-0.2, -0.15) is 0 Å². The van der Waals surface area contributed by atoms with Crippen LogP contribution >= 0.6 is 0 Å². The second-order valence-electron chi connectivity index (χ2n) is 7.91. The molecule has 5 heteroatoms. The third kappa shape index (κ3) is 5.97. The van der Waals surface area contributed by atoms with Gasteiger partial charge in [-0.05, 0) is 81.9 Å². The molecule has 5 nitrogen and oxygen atoms in total. The molecule has 0 bridgehead atoms. The summed E-state index contributed by atoms with van der Waals surface area (Å²) in [6.07, 6.45) is 4.51. The van der Waals surface area contributed by atoms with Crippen LogP contribution in [0.25, 0.3) is 0 Å². The minimum Gasteiger partial charge on any atom is -0.494 e. The van der Waals surface area contributed by atoms with Gasteiger partial charge >= 0.3 is 0 Å². The first kappa shape index (κ1) is 21.2. The average Bonchev–Trinajstić information content (AvgIpc) is 2.75. The molecule has 1 amide bonds. The molecule has 0 aliphatic carbocycles. The van der Waals surface area contributed by atoms with Crippen LogP contribution in [0.15, 0.2) is 48.5 Å². The molecular formula is C24H33N3O2. The van der Waals surface area contributed by atoms with Crippen molar-refractivity contribution in [1.29, 1.82) is 0 Å². The number of benzene rings is 2. The second-order valence-corrected chi connectivity index (χ2v) is 7.91. The third-order valence-corrected chi connectivity index (χ3v) is 5.57. The lowest BCUT2D eigenvalue weighted by atomic mass is 10.0. The van der Waals surface area contributed by atoms with Gasteiger partial charge in [-0.25, -0.2) is 0 Å². The molecule has 1 aliphatic heterocycles. The van der Waals surface area contributed by atoms with E-state index in [1.54, 1.807) is 12.1 Å². The maximum absolute atomic E-state index is 12.5. The molecule has 1 heterocycles. The van der Waals surface area contributed by atoms with E-state index in [9.17, 15) is 4.79 Å². The highest BCUT2D eigenvalue weighted by atomic mass is 16.5. The first-order valence-electron chi connectivity index (χ1n) is 10.6. The molecule has 0 spiro atoms. The number of anilines is 2. The van der Waals surface area contributed by atoms with Crippen LogP contribution in [-0.4, -0.2) is 50.6 Å². The van der Waals surface area contributed by atoms with Gasteiger partial charge in [-0.15, -0.1) is 0 Å². The molecule has 2 aromatic rings. The lowest BCUT2D eigenvalue weighted by Crippen LogP contribution is -2.41. The number of hydrogen-bond donors (Lipinski definition) is 1. The Labute approximate surface area is 174 Å². The summed E-state index contributed by atoms with van der Waals surface area (Å²) >= 11 is 0. The number of rotatable bonds is 8. The first-order valence-corrected chi connectivity index (χ1v) is 10.6. The average molecular weight is 396 g/mol. The fourth-order valence-electron chi connectivity index (χ4n) is 3.64. The number of unbranched alkanes of at least 4 members (excludes halogenated alkanes) is 1. The Balaban J connectivity index is 1.52. The van der Waals surface area contributed by atoms with Crippen molar-refractivity contribution in [3.8, 4) is 5.75 Å². The van der Waals surface area contributed by atoms with Crippen LogP contribution in [-0.2, 0) is 0 Å². The van der Waals surface area contributed by atoms with Crippen LogP contribution in [0.1, 0.15) is 43.0 Å². The largest absolute Gasteiger partial charge is 0.494 e. The van der Waals surface area contributed by atoms with E-state index in [0.29, 0.717) is 18.2 Å². The van der Waals surface area contributed by atoms with Gasteiger partial charge < -0.3 is 19.9 Å². The summed E-state index contributed by atoms with van der Waals surface area (Å²) in [5.41, 5.74) is 2.65. The van der Waals surface area contributed by atoms with E-state index in [2.05, 4.69) is 48.3 Å². The van der Waals surface area contributed by atoms with Crippen molar-refractivity contribution in [2.75, 3.05) is 44.0 Å².